The first-order valence-corrected chi connectivity index (χ1v) is 8.90. The Morgan fingerprint density at radius 2 is 1.96 bits per heavy atom. The van der Waals surface area contributed by atoms with Crippen molar-refractivity contribution in [3.8, 4) is 5.75 Å². The van der Waals surface area contributed by atoms with Crippen LogP contribution in [-0.2, 0) is 19.5 Å². The Morgan fingerprint density at radius 1 is 1.26 bits per heavy atom. The van der Waals surface area contributed by atoms with Crippen molar-refractivity contribution in [1.29, 1.82) is 0 Å². The molecule has 0 aromatic heterocycles. The van der Waals surface area contributed by atoms with E-state index >= 15 is 0 Å². The zero-order valence-corrected chi connectivity index (χ0v) is 15.4. The molecule has 0 aliphatic carbocycles. The number of allylic oxidation sites excluding steroid dienone is 1. The van der Waals surface area contributed by atoms with Gasteiger partial charge in [-0.15, -0.1) is 0 Å². The van der Waals surface area contributed by atoms with E-state index in [9.17, 15) is 9.82 Å². The van der Waals surface area contributed by atoms with Crippen molar-refractivity contribution in [2.24, 2.45) is 11.5 Å². The van der Waals surface area contributed by atoms with E-state index in [0.29, 0.717) is 29.8 Å². The van der Waals surface area contributed by atoms with Crippen LogP contribution in [0.15, 0.2) is 43.0 Å². The SMILES string of the molecule is C=C(C)c1cccc2c1OB(O)C(NC(=O)c1cccc(CN)c1CN)C2. The van der Waals surface area contributed by atoms with Gasteiger partial charge < -0.3 is 26.5 Å². The first-order valence-electron chi connectivity index (χ1n) is 8.90. The first-order chi connectivity index (χ1) is 13.0. The molecule has 0 radical (unpaired) electrons. The topological polar surface area (TPSA) is 111 Å². The van der Waals surface area contributed by atoms with Crippen LogP contribution in [0, 0.1) is 0 Å². The van der Waals surface area contributed by atoms with Crippen LogP contribution in [0.2, 0.25) is 0 Å². The number of benzene rings is 2. The summed E-state index contributed by atoms with van der Waals surface area (Å²) in [5.41, 5.74) is 16.2. The van der Waals surface area contributed by atoms with Crippen LogP contribution in [0.1, 0.15) is 39.5 Å². The lowest BCUT2D eigenvalue weighted by Crippen LogP contribution is -2.53. The number of nitrogens with two attached hydrogens (primary N) is 2. The molecular formula is C20H24BN3O3. The van der Waals surface area contributed by atoms with Gasteiger partial charge in [0.2, 0.25) is 0 Å². The molecule has 1 amide bonds. The molecule has 0 spiro atoms. The Morgan fingerprint density at radius 3 is 2.63 bits per heavy atom. The van der Waals surface area contributed by atoms with Crippen molar-refractivity contribution in [1.82, 2.24) is 5.32 Å². The highest BCUT2D eigenvalue weighted by molar-refractivity contribution is 6.47. The van der Waals surface area contributed by atoms with Crippen molar-refractivity contribution in [3.05, 3.63) is 70.8 Å². The highest BCUT2D eigenvalue weighted by Crippen LogP contribution is 2.33. The van der Waals surface area contributed by atoms with E-state index in [1.54, 1.807) is 12.1 Å². The summed E-state index contributed by atoms with van der Waals surface area (Å²) in [6.07, 6.45) is 0.456. The lowest BCUT2D eigenvalue weighted by Gasteiger charge is -2.30. The lowest BCUT2D eigenvalue weighted by molar-refractivity contribution is 0.0940. The van der Waals surface area contributed by atoms with Gasteiger partial charge in [0, 0.05) is 24.2 Å². The lowest BCUT2D eigenvalue weighted by atomic mass is 9.72. The Labute approximate surface area is 159 Å². The highest BCUT2D eigenvalue weighted by atomic mass is 16.5. The van der Waals surface area contributed by atoms with Crippen LogP contribution in [0.3, 0.4) is 0 Å². The molecule has 1 aliphatic heterocycles. The largest absolute Gasteiger partial charge is 0.547 e. The molecule has 0 bridgehead atoms. The van der Waals surface area contributed by atoms with Gasteiger partial charge in [-0.2, -0.15) is 0 Å². The Kier molecular flexibility index (Phi) is 5.65. The maximum Gasteiger partial charge on any atom is 0.547 e. The summed E-state index contributed by atoms with van der Waals surface area (Å²) in [4.78, 5) is 12.8. The van der Waals surface area contributed by atoms with Crippen LogP contribution in [-0.4, -0.2) is 24.0 Å². The molecule has 1 unspecified atom stereocenters. The molecule has 140 valence electrons. The minimum atomic E-state index is -1.15. The number of amides is 1. The van der Waals surface area contributed by atoms with Gasteiger partial charge in [0.1, 0.15) is 5.75 Å². The normalized spacial score (nSPS) is 15.7. The summed E-state index contributed by atoms with van der Waals surface area (Å²) in [5, 5.41) is 13.3. The van der Waals surface area contributed by atoms with Gasteiger partial charge in [0.05, 0.1) is 5.94 Å². The van der Waals surface area contributed by atoms with Gasteiger partial charge in [0.25, 0.3) is 5.91 Å². The van der Waals surface area contributed by atoms with Crippen LogP contribution in [0.4, 0.5) is 0 Å². The Bertz CT molecular complexity index is 885. The zero-order valence-electron chi connectivity index (χ0n) is 15.4. The van der Waals surface area contributed by atoms with Crippen LogP contribution in [0.25, 0.3) is 5.57 Å². The fourth-order valence-corrected chi connectivity index (χ4v) is 3.41. The number of carbonyl (C=O) groups excluding carboxylic acids is 1. The third-order valence-electron chi connectivity index (χ3n) is 4.84. The number of para-hydroxylation sites is 1. The zero-order chi connectivity index (χ0) is 19.6. The smallest absolute Gasteiger partial charge is 0.534 e. The quantitative estimate of drug-likeness (QED) is 0.599. The minimum Gasteiger partial charge on any atom is -0.534 e. The molecule has 0 saturated heterocycles. The summed E-state index contributed by atoms with van der Waals surface area (Å²) >= 11 is 0. The molecule has 2 aromatic carbocycles. The van der Waals surface area contributed by atoms with Crippen LogP contribution in [0.5, 0.6) is 5.75 Å². The van der Waals surface area contributed by atoms with E-state index in [0.717, 1.165) is 22.3 Å². The standard InChI is InChI=1S/C20H24BN3O3/c1-12(2)15-7-3-5-13-9-18(21(26)27-19(13)15)24-20(25)16-8-4-6-14(10-22)17(16)11-23/h3-8,18,26H,1,9-11,22-23H2,2H3,(H,24,25). The minimum absolute atomic E-state index is 0.213. The summed E-state index contributed by atoms with van der Waals surface area (Å²) in [7, 11) is -1.15. The summed E-state index contributed by atoms with van der Waals surface area (Å²) in [5.74, 6) is -0.258. The number of carbonyl (C=O) groups is 1. The molecule has 6 N–H and O–H groups in total. The van der Waals surface area contributed by atoms with E-state index < -0.39 is 13.1 Å². The van der Waals surface area contributed by atoms with Crippen molar-refractivity contribution in [2.45, 2.75) is 32.4 Å². The average molecular weight is 365 g/mol. The predicted molar refractivity (Wildman–Crippen MR) is 107 cm³/mol. The average Bonchev–Trinajstić information content (AvgIpc) is 2.67. The number of rotatable bonds is 5. The maximum atomic E-state index is 12.8. The molecule has 7 heteroatoms. The molecule has 6 nitrogen and oxygen atoms in total. The fourth-order valence-electron chi connectivity index (χ4n) is 3.41. The van der Waals surface area contributed by atoms with Gasteiger partial charge in [-0.25, -0.2) is 0 Å². The molecule has 0 saturated carbocycles. The summed E-state index contributed by atoms with van der Waals surface area (Å²) in [6, 6.07) is 11.1. The second-order valence-electron chi connectivity index (χ2n) is 6.72. The fraction of sp³-hybridized carbons (Fsp3) is 0.250. The van der Waals surface area contributed by atoms with Crippen molar-refractivity contribution in [3.63, 3.8) is 0 Å². The number of fused-ring (bicyclic) bond motifs is 1. The molecule has 1 aliphatic rings. The molecule has 2 aromatic rings. The van der Waals surface area contributed by atoms with Gasteiger partial charge in [-0.3, -0.25) is 4.79 Å². The molecule has 0 fully saturated rings. The van der Waals surface area contributed by atoms with E-state index in [1.807, 2.05) is 31.2 Å². The van der Waals surface area contributed by atoms with E-state index in [1.165, 1.54) is 0 Å². The molecule has 1 atom stereocenters. The van der Waals surface area contributed by atoms with Crippen molar-refractivity contribution in [2.75, 3.05) is 0 Å². The molecular weight excluding hydrogens is 341 g/mol. The van der Waals surface area contributed by atoms with E-state index in [4.69, 9.17) is 16.1 Å². The van der Waals surface area contributed by atoms with Gasteiger partial charge in [-0.1, -0.05) is 36.9 Å². The number of hydrogen-bond acceptors (Lipinski definition) is 5. The van der Waals surface area contributed by atoms with Gasteiger partial charge in [0.15, 0.2) is 0 Å². The summed E-state index contributed by atoms with van der Waals surface area (Å²) < 4.78 is 5.71. The third-order valence-corrected chi connectivity index (χ3v) is 4.84. The second-order valence-corrected chi connectivity index (χ2v) is 6.72. The number of hydrogen-bond donors (Lipinski definition) is 4. The predicted octanol–water partition coefficient (Wildman–Crippen LogP) is 1.39. The number of nitrogens with one attached hydrogen (secondary N) is 1. The Hall–Kier alpha value is -2.61. The molecule has 1 heterocycles. The van der Waals surface area contributed by atoms with E-state index in [2.05, 4.69) is 11.9 Å². The van der Waals surface area contributed by atoms with Crippen LogP contribution < -0.4 is 21.4 Å². The second kappa shape index (κ2) is 7.96. The third kappa shape index (κ3) is 3.76. The molecule has 27 heavy (non-hydrogen) atoms. The van der Waals surface area contributed by atoms with Crippen molar-refractivity contribution >= 4 is 18.6 Å². The summed E-state index contributed by atoms with van der Waals surface area (Å²) in [6.45, 7) is 6.35. The van der Waals surface area contributed by atoms with E-state index in [-0.39, 0.29) is 12.5 Å². The maximum absolute atomic E-state index is 12.8. The Balaban J connectivity index is 1.84. The van der Waals surface area contributed by atoms with Crippen LogP contribution >= 0.6 is 0 Å². The molecule has 3 rings (SSSR count). The van der Waals surface area contributed by atoms with Gasteiger partial charge >= 0.3 is 7.12 Å². The van der Waals surface area contributed by atoms with Crippen molar-refractivity contribution < 1.29 is 14.5 Å². The highest BCUT2D eigenvalue weighted by Gasteiger charge is 2.37. The van der Waals surface area contributed by atoms with Gasteiger partial charge in [-0.05, 0) is 41.7 Å². The first kappa shape index (κ1) is 19.2. The monoisotopic (exact) mass is 365 g/mol.